The zero-order valence-corrected chi connectivity index (χ0v) is 27.5. The van der Waals surface area contributed by atoms with E-state index in [4.69, 9.17) is 21.3 Å². The smallest absolute Gasteiger partial charge is 0.320 e. The summed E-state index contributed by atoms with van der Waals surface area (Å²) in [6.45, 7) is 7.54. The summed E-state index contributed by atoms with van der Waals surface area (Å²) in [5.74, 6) is 0.730. The first-order chi connectivity index (χ1) is 22.7. The third-order valence-electron chi connectivity index (χ3n) is 8.36. The Kier molecular flexibility index (Phi) is 13.2. The van der Waals surface area contributed by atoms with Crippen LogP contribution in [0.25, 0.3) is 11.0 Å². The van der Waals surface area contributed by atoms with Gasteiger partial charge in [-0.3, -0.25) is 19.3 Å². The molecule has 1 saturated heterocycles. The van der Waals surface area contributed by atoms with Gasteiger partial charge in [0.2, 0.25) is 17.8 Å². The predicted molar refractivity (Wildman–Crippen MR) is 181 cm³/mol. The summed E-state index contributed by atoms with van der Waals surface area (Å²) >= 11 is 0. The predicted octanol–water partition coefficient (Wildman–Crippen LogP) is 2.41. The van der Waals surface area contributed by atoms with Crippen LogP contribution < -0.4 is 26.8 Å². The van der Waals surface area contributed by atoms with Gasteiger partial charge in [-0.25, -0.2) is 4.98 Å². The Morgan fingerprint density at radius 2 is 1.81 bits per heavy atom. The zero-order valence-electron chi connectivity index (χ0n) is 27.5. The van der Waals surface area contributed by atoms with E-state index in [-0.39, 0.29) is 24.2 Å². The number of carboxylic acid groups (broad SMARTS) is 1. The Morgan fingerprint density at radius 1 is 1.02 bits per heavy atom. The number of aliphatic carboxylic acids is 1. The van der Waals surface area contributed by atoms with Crippen molar-refractivity contribution >= 4 is 40.6 Å². The number of nitrogen functional groups attached to an aromatic ring is 1. The number of fused-ring (bicyclic) bond motifs is 1. The number of nitrogens with one attached hydrogen (secondary N) is 2. The molecule has 0 radical (unpaired) electrons. The molecule has 2 amide bonds. The molecule has 2 aromatic heterocycles. The van der Waals surface area contributed by atoms with Crippen LogP contribution in [0.4, 0.5) is 11.8 Å². The summed E-state index contributed by atoms with van der Waals surface area (Å²) in [6, 6.07) is 7.35. The molecule has 0 aliphatic carbocycles. The Balaban J connectivity index is 1.23. The molecule has 14 nitrogen and oxygen atoms in total. The summed E-state index contributed by atoms with van der Waals surface area (Å²) in [5, 5.41) is 15.0. The van der Waals surface area contributed by atoms with Crippen molar-refractivity contribution in [3.63, 3.8) is 0 Å². The number of ether oxygens (including phenoxy) is 1. The van der Waals surface area contributed by atoms with E-state index in [1.165, 1.54) is 0 Å². The van der Waals surface area contributed by atoms with Crippen molar-refractivity contribution in [2.24, 2.45) is 5.73 Å². The molecule has 1 fully saturated rings. The molecule has 0 unspecified atom stereocenters. The second-order valence-electron chi connectivity index (χ2n) is 12.0. The fourth-order valence-corrected chi connectivity index (χ4v) is 5.76. The van der Waals surface area contributed by atoms with E-state index in [9.17, 15) is 14.4 Å². The van der Waals surface area contributed by atoms with Crippen LogP contribution in [0.3, 0.4) is 0 Å². The molecule has 14 heteroatoms. The topological polar surface area (TPSA) is 194 Å². The molecule has 1 aliphatic heterocycles. The lowest BCUT2D eigenvalue weighted by atomic mass is 10.1. The SMILES string of the molecule is CCCNc1nc(N)nc2ccn(Cc3cc(CN4CCN(C(=O)CCCC(=O)NCCCC[C@H](N)C(=O)O)CC4)ccc3OC)c12. The van der Waals surface area contributed by atoms with Crippen molar-refractivity contribution in [3.8, 4) is 5.75 Å². The van der Waals surface area contributed by atoms with Crippen molar-refractivity contribution in [3.05, 3.63) is 41.6 Å². The van der Waals surface area contributed by atoms with Gasteiger partial charge in [-0.05, 0) is 55.9 Å². The van der Waals surface area contributed by atoms with Gasteiger partial charge in [0, 0.05) is 70.4 Å². The van der Waals surface area contributed by atoms with Crippen LogP contribution in [0.5, 0.6) is 5.75 Å². The highest BCUT2D eigenvalue weighted by Crippen LogP contribution is 2.27. The van der Waals surface area contributed by atoms with Crippen molar-refractivity contribution in [1.29, 1.82) is 0 Å². The summed E-state index contributed by atoms with van der Waals surface area (Å²) in [6.07, 6.45) is 5.76. The molecule has 4 rings (SSSR count). The second kappa shape index (κ2) is 17.5. The molecule has 0 saturated carbocycles. The van der Waals surface area contributed by atoms with Gasteiger partial charge in [-0.1, -0.05) is 13.0 Å². The monoisotopic (exact) mass is 651 g/mol. The Labute approximate surface area is 275 Å². The number of carbonyl (C=O) groups excluding carboxylic acids is 2. The number of piperazine rings is 1. The third kappa shape index (κ3) is 10.3. The van der Waals surface area contributed by atoms with Gasteiger partial charge in [0.25, 0.3) is 0 Å². The van der Waals surface area contributed by atoms with Crippen LogP contribution >= 0.6 is 0 Å². The number of unbranched alkanes of at least 4 members (excludes halogenated alkanes) is 1. The maximum absolute atomic E-state index is 12.8. The highest BCUT2D eigenvalue weighted by molar-refractivity contribution is 5.87. The van der Waals surface area contributed by atoms with Crippen LogP contribution in [0.2, 0.25) is 0 Å². The molecule has 3 heterocycles. The number of aromatic nitrogens is 3. The van der Waals surface area contributed by atoms with E-state index in [2.05, 4.69) is 49.1 Å². The van der Waals surface area contributed by atoms with Gasteiger partial charge < -0.3 is 41.4 Å². The number of anilines is 2. The van der Waals surface area contributed by atoms with E-state index >= 15 is 0 Å². The quantitative estimate of drug-likeness (QED) is 0.127. The van der Waals surface area contributed by atoms with Gasteiger partial charge in [-0.15, -0.1) is 0 Å². The minimum absolute atomic E-state index is 0.0734. The van der Waals surface area contributed by atoms with Gasteiger partial charge in [0.05, 0.1) is 19.2 Å². The molecule has 0 bridgehead atoms. The fraction of sp³-hybridized carbons (Fsp3) is 0.545. The zero-order chi connectivity index (χ0) is 33.8. The summed E-state index contributed by atoms with van der Waals surface area (Å²) in [7, 11) is 1.68. The first-order valence-corrected chi connectivity index (χ1v) is 16.5. The average Bonchev–Trinajstić information content (AvgIpc) is 3.45. The van der Waals surface area contributed by atoms with Crippen molar-refractivity contribution in [2.75, 3.05) is 57.4 Å². The normalized spacial score (nSPS) is 14.2. The number of carbonyl (C=O) groups is 3. The molecule has 47 heavy (non-hydrogen) atoms. The minimum Gasteiger partial charge on any atom is -0.496 e. The first-order valence-electron chi connectivity index (χ1n) is 16.5. The molecule has 1 aromatic carbocycles. The molecule has 3 aromatic rings. The highest BCUT2D eigenvalue weighted by Gasteiger charge is 2.22. The largest absolute Gasteiger partial charge is 0.496 e. The van der Waals surface area contributed by atoms with E-state index in [0.717, 1.165) is 66.3 Å². The van der Waals surface area contributed by atoms with E-state index < -0.39 is 12.0 Å². The van der Waals surface area contributed by atoms with Crippen LogP contribution in [0.1, 0.15) is 63.0 Å². The third-order valence-corrected chi connectivity index (χ3v) is 8.36. The van der Waals surface area contributed by atoms with Crippen LogP contribution in [0.15, 0.2) is 30.5 Å². The number of carboxylic acids is 1. The molecule has 1 atom stereocenters. The van der Waals surface area contributed by atoms with Crippen molar-refractivity contribution in [2.45, 2.75) is 71.0 Å². The number of benzene rings is 1. The van der Waals surface area contributed by atoms with Crippen LogP contribution in [0, 0.1) is 0 Å². The molecular formula is C33H49N9O5. The first kappa shape index (κ1) is 35.4. The van der Waals surface area contributed by atoms with Crippen molar-refractivity contribution in [1.82, 2.24) is 29.7 Å². The number of nitrogens with zero attached hydrogens (tertiary/aromatic N) is 5. The number of rotatable bonds is 18. The summed E-state index contributed by atoms with van der Waals surface area (Å²) in [5.41, 5.74) is 15.3. The minimum atomic E-state index is -1.01. The Hall–Kier alpha value is -4.43. The number of hydrogen-bond donors (Lipinski definition) is 5. The summed E-state index contributed by atoms with van der Waals surface area (Å²) < 4.78 is 7.83. The number of methoxy groups -OCH3 is 1. The summed E-state index contributed by atoms with van der Waals surface area (Å²) in [4.78, 5) is 48.8. The second-order valence-corrected chi connectivity index (χ2v) is 12.0. The van der Waals surface area contributed by atoms with Crippen molar-refractivity contribution < 1.29 is 24.2 Å². The highest BCUT2D eigenvalue weighted by atomic mass is 16.5. The van der Waals surface area contributed by atoms with Gasteiger partial charge >= 0.3 is 5.97 Å². The maximum atomic E-state index is 12.8. The molecule has 256 valence electrons. The van der Waals surface area contributed by atoms with Crippen LogP contribution in [-0.4, -0.2) is 99.6 Å². The number of nitrogens with two attached hydrogens (primary N) is 2. The fourth-order valence-electron chi connectivity index (χ4n) is 5.76. The molecule has 1 aliphatic rings. The lowest BCUT2D eigenvalue weighted by molar-refractivity contribution is -0.138. The Bertz CT molecular complexity index is 1500. The lowest BCUT2D eigenvalue weighted by Gasteiger charge is -2.35. The van der Waals surface area contributed by atoms with E-state index in [1.807, 2.05) is 23.2 Å². The molecule has 7 N–H and O–H groups in total. The van der Waals surface area contributed by atoms with E-state index in [1.54, 1.807) is 7.11 Å². The number of amides is 2. The Morgan fingerprint density at radius 3 is 2.53 bits per heavy atom. The maximum Gasteiger partial charge on any atom is 0.320 e. The molecular weight excluding hydrogens is 602 g/mol. The standard InChI is InChI=1S/C33H49N9O5/c1-3-13-37-31-30-26(38-33(35)39-31)12-15-42(30)22-24-20-23(10-11-27(24)47-2)21-40-16-18-41(19-17-40)29(44)9-6-8-28(43)36-14-5-4-7-25(34)32(45)46/h10-12,15,20,25H,3-9,13-14,16-19,21-22,34H2,1-2H3,(H,36,43)(H,45,46)(H3,35,37,38,39)/t25-/m0/s1. The van der Waals surface area contributed by atoms with Gasteiger partial charge in [-0.2, -0.15) is 4.98 Å². The van der Waals surface area contributed by atoms with E-state index in [0.29, 0.717) is 58.3 Å². The number of hydrogen-bond acceptors (Lipinski definition) is 10. The van der Waals surface area contributed by atoms with Crippen LogP contribution in [-0.2, 0) is 27.5 Å². The molecule has 0 spiro atoms. The average molecular weight is 652 g/mol. The lowest BCUT2D eigenvalue weighted by Crippen LogP contribution is -2.48. The van der Waals surface area contributed by atoms with Gasteiger partial charge in [0.1, 0.15) is 17.3 Å². The van der Waals surface area contributed by atoms with Gasteiger partial charge in [0.15, 0.2) is 5.82 Å².